The van der Waals surface area contributed by atoms with Gasteiger partial charge in [0.05, 0.1) is 24.8 Å². The molecule has 3 aromatic rings. The predicted octanol–water partition coefficient (Wildman–Crippen LogP) is 4.33. The highest BCUT2D eigenvalue weighted by Gasteiger charge is 2.46. The summed E-state index contributed by atoms with van der Waals surface area (Å²) in [6.07, 6.45) is 0. The number of rotatable bonds is 8. The van der Waals surface area contributed by atoms with Crippen LogP contribution in [0.1, 0.15) is 28.3 Å². The number of nitrogens with zero attached hydrogens (tertiary/aromatic N) is 2. The van der Waals surface area contributed by atoms with Crippen molar-refractivity contribution < 1.29 is 24.2 Å². The number of hydrogen-bond donors (Lipinski definition) is 1. The molecule has 2 fully saturated rings. The Kier molecular flexibility index (Phi) is 7.86. The van der Waals surface area contributed by atoms with E-state index in [-0.39, 0.29) is 11.3 Å². The molecule has 0 spiro atoms. The monoisotopic (exact) mass is 512 g/mol. The number of aliphatic hydroxyl groups excluding tert-OH is 1. The van der Waals surface area contributed by atoms with E-state index in [1.807, 2.05) is 61.5 Å². The lowest BCUT2D eigenvalue weighted by Crippen LogP contribution is -2.42. The van der Waals surface area contributed by atoms with Gasteiger partial charge in [-0.2, -0.15) is 0 Å². The first-order valence-corrected chi connectivity index (χ1v) is 12.9. The predicted molar refractivity (Wildman–Crippen MR) is 145 cm³/mol. The number of carbonyl (C=O) groups excluding carboxylic acids is 2. The van der Waals surface area contributed by atoms with Crippen molar-refractivity contribution in [3.8, 4) is 5.75 Å². The molecule has 0 saturated carbocycles. The summed E-state index contributed by atoms with van der Waals surface area (Å²) in [7, 11) is 0. The number of likely N-dealkylation sites (tertiary alicyclic amines) is 1. The van der Waals surface area contributed by atoms with Gasteiger partial charge in [-0.05, 0) is 47.9 Å². The van der Waals surface area contributed by atoms with Gasteiger partial charge in [0.25, 0.3) is 11.7 Å². The van der Waals surface area contributed by atoms with E-state index >= 15 is 0 Å². The van der Waals surface area contributed by atoms with Gasteiger partial charge in [-0.3, -0.25) is 14.5 Å². The Morgan fingerprint density at radius 1 is 0.921 bits per heavy atom. The quantitative estimate of drug-likeness (QED) is 0.275. The van der Waals surface area contributed by atoms with E-state index in [0.29, 0.717) is 44.2 Å². The second-order valence-electron chi connectivity index (χ2n) is 9.60. The second kappa shape index (κ2) is 11.6. The van der Waals surface area contributed by atoms with Gasteiger partial charge in [0, 0.05) is 31.7 Å². The standard InChI is InChI=1S/C31H32N2O5/c1-22-7-5-6-10-25(22)21-38-26-13-11-24(12-14-26)29(34)27-28(23-8-3-2-4-9-23)33(31(36)30(27)35)16-15-32-17-19-37-20-18-32/h2-14,28,34H,15-21H2,1H3/b29-27+. The normalized spacial score (nSPS) is 19.6. The fourth-order valence-corrected chi connectivity index (χ4v) is 4.96. The van der Waals surface area contributed by atoms with E-state index in [4.69, 9.17) is 9.47 Å². The summed E-state index contributed by atoms with van der Waals surface area (Å²) < 4.78 is 11.4. The molecule has 3 aromatic carbocycles. The molecule has 0 radical (unpaired) electrons. The van der Waals surface area contributed by atoms with Gasteiger partial charge in [0.15, 0.2) is 0 Å². The maximum absolute atomic E-state index is 13.3. The Morgan fingerprint density at radius 2 is 1.61 bits per heavy atom. The van der Waals surface area contributed by atoms with Gasteiger partial charge in [0.2, 0.25) is 0 Å². The number of ether oxygens (including phenoxy) is 2. The Bertz CT molecular complexity index is 1310. The number of Topliss-reactive ketones (excluding diaryl/α,β-unsaturated/α-hetero) is 1. The number of benzene rings is 3. The van der Waals surface area contributed by atoms with Crippen molar-refractivity contribution in [3.63, 3.8) is 0 Å². The molecule has 2 saturated heterocycles. The average Bonchev–Trinajstić information content (AvgIpc) is 3.21. The van der Waals surface area contributed by atoms with Crippen molar-refractivity contribution in [2.75, 3.05) is 39.4 Å². The van der Waals surface area contributed by atoms with Gasteiger partial charge in [0.1, 0.15) is 18.1 Å². The van der Waals surface area contributed by atoms with Crippen molar-refractivity contribution in [3.05, 3.63) is 107 Å². The van der Waals surface area contributed by atoms with E-state index in [0.717, 1.165) is 29.8 Å². The van der Waals surface area contributed by atoms with Gasteiger partial charge in [-0.25, -0.2) is 0 Å². The zero-order chi connectivity index (χ0) is 26.5. The molecule has 1 N–H and O–H groups in total. The zero-order valence-electron chi connectivity index (χ0n) is 21.5. The number of aryl methyl sites for hydroxylation is 1. The summed E-state index contributed by atoms with van der Waals surface area (Å²) in [5.41, 5.74) is 3.60. The number of morpholine rings is 1. The average molecular weight is 513 g/mol. The fourth-order valence-electron chi connectivity index (χ4n) is 4.96. The van der Waals surface area contributed by atoms with Crippen LogP contribution in [0.3, 0.4) is 0 Å². The smallest absolute Gasteiger partial charge is 0.295 e. The molecule has 0 aromatic heterocycles. The lowest BCUT2D eigenvalue weighted by molar-refractivity contribution is -0.140. The molecule has 0 aliphatic carbocycles. The molecule has 7 heteroatoms. The molecule has 1 atom stereocenters. The highest BCUT2D eigenvalue weighted by Crippen LogP contribution is 2.39. The maximum Gasteiger partial charge on any atom is 0.295 e. The summed E-state index contributed by atoms with van der Waals surface area (Å²) in [5, 5.41) is 11.3. The van der Waals surface area contributed by atoms with Crippen molar-refractivity contribution >= 4 is 17.4 Å². The zero-order valence-corrected chi connectivity index (χ0v) is 21.5. The van der Waals surface area contributed by atoms with Crippen LogP contribution in [-0.4, -0.2) is 66.0 Å². The number of carbonyl (C=O) groups is 2. The molecule has 0 bridgehead atoms. The van der Waals surface area contributed by atoms with E-state index < -0.39 is 17.7 Å². The van der Waals surface area contributed by atoms with Crippen LogP contribution in [0, 0.1) is 6.92 Å². The van der Waals surface area contributed by atoms with Crippen LogP contribution in [0.25, 0.3) is 5.76 Å². The van der Waals surface area contributed by atoms with Crippen LogP contribution in [0.2, 0.25) is 0 Å². The Balaban J connectivity index is 1.40. The van der Waals surface area contributed by atoms with E-state index in [9.17, 15) is 14.7 Å². The second-order valence-corrected chi connectivity index (χ2v) is 9.60. The maximum atomic E-state index is 13.3. The number of amides is 1. The minimum Gasteiger partial charge on any atom is -0.507 e. The lowest BCUT2D eigenvalue weighted by atomic mass is 9.95. The third-order valence-corrected chi connectivity index (χ3v) is 7.20. The first-order chi connectivity index (χ1) is 18.5. The van der Waals surface area contributed by atoms with Gasteiger partial charge in [-0.15, -0.1) is 0 Å². The van der Waals surface area contributed by atoms with Crippen molar-refractivity contribution in [2.24, 2.45) is 0 Å². The SMILES string of the molecule is Cc1ccccc1COc1ccc(/C(O)=C2\C(=O)C(=O)N(CCN3CCOCC3)C2c2ccccc2)cc1. The Labute approximate surface area is 222 Å². The van der Waals surface area contributed by atoms with Crippen molar-refractivity contribution in [1.82, 2.24) is 9.80 Å². The molecule has 7 nitrogen and oxygen atoms in total. The number of hydrogen-bond acceptors (Lipinski definition) is 6. The van der Waals surface area contributed by atoms with E-state index in [1.165, 1.54) is 0 Å². The summed E-state index contributed by atoms with van der Waals surface area (Å²) in [4.78, 5) is 30.2. The van der Waals surface area contributed by atoms with Crippen LogP contribution >= 0.6 is 0 Å². The number of ketones is 1. The van der Waals surface area contributed by atoms with Crippen LogP contribution in [0.5, 0.6) is 5.75 Å². The highest BCUT2D eigenvalue weighted by atomic mass is 16.5. The van der Waals surface area contributed by atoms with Crippen LogP contribution in [-0.2, 0) is 20.9 Å². The topological polar surface area (TPSA) is 79.3 Å². The molecular formula is C31H32N2O5. The summed E-state index contributed by atoms with van der Waals surface area (Å²) in [6, 6.07) is 23.7. The minimum absolute atomic E-state index is 0.108. The van der Waals surface area contributed by atoms with Gasteiger partial charge in [-0.1, -0.05) is 54.6 Å². The van der Waals surface area contributed by atoms with Gasteiger partial charge >= 0.3 is 0 Å². The van der Waals surface area contributed by atoms with Gasteiger partial charge < -0.3 is 19.5 Å². The first-order valence-electron chi connectivity index (χ1n) is 12.9. The third kappa shape index (κ3) is 5.49. The minimum atomic E-state index is -0.668. The fraction of sp³-hybridized carbons (Fsp3) is 0.290. The molecule has 1 amide bonds. The summed E-state index contributed by atoms with van der Waals surface area (Å²) >= 11 is 0. The van der Waals surface area contributed by atoms with Crippen molar-refractivity contribution in [2.45, 2.75) is 19.6 Å². The highest BCUT2D eigenvalue weighted by molar-refractivity contribution is 6.46. The van der Waals surface area contributed by atoms with Crippen LogP contribution in [0.15, 0.2) is 84.4 Å². The number of aliphatic hydroxyl groups is 1. The molecule has 38 heavy (non-hydrogen) atoms. The molecular weight excluding hydrogens is 480 g/mol. The lowest BCUT2D eigenvalue weighted by Gasteiger charge is -2.31. The first kappa shape index (κ1) is 25.7. The van der Waals surface area contributed by atoms with E-state index in [2.05, 4.69) is 4.90 Å². The molecule has 2 aliphatic heterocycles. The molecule has 1 unspecified atom stereocenters. The van der Waals surface area contributed by atoms with Crippen LogP contribution < -0.4 is 4.74 Å². The molecule has 2 aliphatic rings. The van der Waals surface area contributed by atoms with Crippen LogP contribution in [0.4, 0.5) is 0 Å². The summed E-state index contributed by atoms with van der Waals surface area (Å²) in [5.74, 6) is -0.794. The molecule has 196 valence electrons. The third-order valence-electron chi connectivity index (χ3n) is 7.20. The van der Waals surface area contributed by atoms with E-state index in [1.54, 1.807) is 29.2 Å². The molecule has 2 heterocycles. The van der Waals surface area contributed by atoms with Crippen molar-refractivity contribution in [1.29, 1.82) is 0 Å². The largest absolute Gasteiger partial charge is 0.507 e. The Hall–Kier alpha value is -3.94. The summed E-state index contributed by atoms with van der Waals surface area (Å²) in [6.45, 7) is 6.38. The molecule has 5 rings (SSSR count). The Morgan fingerprint density at radius 3 is 2.32 bits per heavy atom.